The van der Waals surface area contributed by atoms with Gasteiger partial charge in [-0.05, 0) is 36.4 Å². The lowest BCUT2D eigenvalue weighted by Gasteiger charge is -2.10. The Morgan fingerprint density at radius 1 is 0.960 bits per heavy atom. The molecule has 0 saturated heterocycles. The molecule has 1 heterocycles. The third-order valence-corrected chi connectivity index (χ3v) is 4.73. The van der Waals surface area contributed by atoms with E-state index in [-0.39, 0.29) is 5.69 Å². The molecule has 0 fully saturated rings. The highest BCUT2D eigenvalue weighted by atomic mass is 35.5. The maximum absolute atomic E-state index is 11.9. The molecule has 3 aromatic rings. The van der Waals surface area contributed by atoms with Crippen LogP contribution in [-0.2, 0) is 4.74 Å². The van der Waals surface area contributed by atoms with Gasteiger partial charge in [0, 0.05) is 10.6 Å². The Balaban J connectivity index is 2.24. The first-order chi connectivity index (χ1) is 11.9. The van der Waals surface area contributed by atoms with Crippen LogP contribution in [0, 0.1) is 0 Å². The molecule has 1 aromatic heterocycles. The van der Waals surface area contributed by atoms with Crippen molar-refractivity contribution >= 4 is 52.4 Å². The van der Waals surface area contributed by atoms with Gasteiger partial charge in [0.05, 0.1) is 33.6 Å². The van der Waals surface area contributed by atoms with Crippen LogP contribution in [0.3, 0.4) is 0 Å². The number of ether oxygens (including phenoxy) is 1. The molecule has 128 valence electrons. The first-order valence-electron chi connectivity index (χ1n) is 7.00. The summed E-state index contributed by atoms with van der Waals surface area (Å²) in [5, 5.41) is 5.99. The van der Waals surface area contributed by atoms with Crippen molar-refractivity contribution in [2.75, 3.05) is 7.11 Å². The van der Waals surface area contributed by atoms with Crippen LogP contribution in [-0.4, -0.2) is 22.9 Å². The van der Waals surface area contributed by atoms with Gasteiger partial charge in [-0.15, -0.1) is 0 Å². The normalized spacial score (nSPS) is 10.8. The molecule has 8 heteroatoms. The maximum Gasteiger partial charge on any atom is 0.358 e. The first kappa shape index (κ1) is 18.1. The standard InChI is InChI=1S/C17H10Cl4N2O2/c1-25-17(24)14-8-16(9-2-4-11(19)12(20)6-9)23(22-14)15-5-3-10(18)7-13(15)21/h2-8H,1H3. The van der Waals surface area contributed by atoms with Crippen LogP contribution in [0.1, 0.15) is 10.5 Å². The highest BCUT2D eigenvalue weighted by molar-refractivity contribution is 6.42. The minimum atomic E-state index is -0.565. The first-order valence-corrected chi connectivity index (χ1v) is 8.51. The number of hydrogen-bond donors (Lipinski definition) is 0. The van der Waals surface area contributed by atoms with Gasteiger partial charge in [0.15, 0.2) is 5.69 Å². The number of halogens is 4. The Morgan fingerprint density at radius 3 is 2.36 bits per heavy atom. The number of esters is 1. The number of methoxy groups -OCH3 is 1. The van der Waals surface area contributed by atoms with E-state index in [0.717, 1.165) is 0 Å². The van der Waals surface area contributed by atoms with Crippen molar-refractivity contribution in [3.63, 3.8) is 0 Å². The van der Waals surface area contributed by atoms with Gasteiger partial charge in [0.25, 0.3) is 0 Å². The molecular weight excluding hydrogens is 406 g/mol. The quantitative estimate of drug-likeness (QED) is 0.497. The van der Waals surface area contributed by atoms with Crippen molar-refractivity contribution in [3.05, 3.63) is 68.2 Å². The van der Waals surface area contributed by atoms with Gasteiger partial charge in [-0.1, -0.05) is 52.5 Å². The molecule has 0 bridgehead atoms. The Kier molecular flexibility index (Phi) is 5.25. The van der Waals surface area contributed by atoms with Crippen LogP contribution in [0.2, 0.25) is 20.1 Å². The van der Waals surface area contributed by atoms with E-state index in [2.05, 4.69) is 5.10 Å². The number of aromatic nitrogens is 2. The van der Waals surface area contributed by atoms with Crippen LogP contribution >= 0.6 is 46.4 Å². The Morgan fingerprint density at radius 2 is 1.72 bits per heavy atom. The van der Waals surface area contributed by atoms with Crippen molar-refractivity contribution in [2.24, 2.45) is 0 Å². The number of carbonyl (C=O) groups excluding carboxylic acids is 1. The fraction of sp³-hybridized carbons (Fsp3) is 0.0588. The molecule has 0 aliphatic heterocycles. The third-order valence-electron chi connectivity index (χ3n) is 3.46. The summed E-state index contributed by atoms with van der Waals surface area (Å²) < 4.78 is 6.28. The lowest BCUT2D eigenvalue weighted by Crippen LogP contribution is -2.05. The number of nitrogens with zero attached hydrogens (tertiary/aromatic N) is 2. The number of hydrogen-bond acceptors (Lipinski definition) is 3. The van der Waals surface area contributed by atoms with E-state index >= 15 is 0 Å². The summed E-state index contributed by atoms with van der Waals surface area (Å²) in [6.45, 7) is 0. The number of carbonyl (C=O) groups is 1. The molecular formula is C17H10Cl4N2O2. The second-order valence-corrected chi connectivity index (χ2v) is 6.70. The van der Waals surface area contributed by atoms with E-state index < -0.39 is 5.97 Å². The molecule has 0 unspecified atom stereocenters. The van der Waals surface area contributed by atoms with Gasteiger partial charge in [-0.3, -0.25) is 0 Å². The van der Waals surface area contributed by atoms with Crippen molar-refractivity contribution in [1.29, 1.82) is 0 Å². The summed E-state index contributed by atoms with van der Waals surface area (Å²) >= 11 is 24.3. The van der Waals surface area contributed by atoms with E-state index in [9.17, 15) is 4.79 Å². The van der Waals surface area contributed by atoms with E-state index in [4.69, 9.17) is 51.1 Å². The monoisotopic (exact) mass is 414 g/mol. The molecule has 0 atom stereocenters. The summed E-state index contributed by atoms with van der Waals surface area (Å²) in [5.41, 5.74) is 2.00. The van der Waals surface area contributed by atoms with Gasteiger partial charge in [-0.25, -0.2) is 9.48 Å². The zero-order valence-electron chi connectivity index (χ0n) is 12.8. The molecule has 25 heavy (non-hydrogen) atoms. The highest BCUT2D eigenvalue weighted by Crippen LogP contribution is 2.33. The molecule has 0 saturated carbocycles. The minimum Gasteiger partial charge on any atom is -0.464 e. The molecule has 0 spiro atoms. The van der Waals surface area contributed by atoms with E-state index in [0.29, 0.717) is 37.0 Å². The Bertz CT molecular complexity index is 969. The molecule has 4 nitrogen and oxygen atoms in total. The van der Waals surface area contributed by atoms with Crippen LogP contribution < -0.4 is 0 Å². The largest absolute Gasteiger partial charge is 0.464 e. The molecule has 0 N–H and O–H groups in total. The predicted octanol–water partition coefficient (Wildman–Crippen LogP) is 5.94. The van der Waals surface area contributed by atoms with Crippen LogP contribution in [0.4, 0.5) is 0 Å². The summed E-state index contributed by atoms with van der Waals surface area (Å²) in [5.74, 6) is -0.565. The van der Waals surface area contributed by atoms with Crippen molar-refractivity contribution in [2.45, 2.75) is 0 Å². The van der Waals surface area contributed by atoms with Gasteiger partial charge >= 0.3 is 5.97 Å². The van der Waals surface area contributed by atoms with Crippen molar-refractivity contribution in [1.82, 2.24) is 9.78 Å². The zero-order chi connectivity index (χ0) is 18.1. The van der Waals surface area contributed by atoms with Crippen LogP contribution in [0.25, 0.3) is 16.9 Å². The highest BCUT2D eigenvalue weighted by Gasteiger charge is 2.19. The Labute approximate surface area is 163 Å². The smallest absolute Gasteiger partial charge is 0.358 e. The van der Waals surface area contributed by atoms with Crippen LogP contribution in [0.15, 0.2) is 42.5 Å². The lowest BCUT2D eigenvalue weighted by atomic mass is 10.1. The molecule has 0 amide bonds. The fourth-order valence-corrected chi connectivity index (χ4v) is 3.07. The second-order valence-electron chi connectivity index (χ2n) is 5.04. The van der Waals surface area contributed by atoms with Gasteiger partial charge in [0.2, 0.25) is 0 Å². The van der Waals surface area contributed by atoms with Crippen molar-refractivity contribution in [3.8, 4) is 16.9 Å². The van der Waals surface area contributed by atoms with Crippen molar-refractivity contribution < 1.29 is 9.53 Å². The molecule has 0 aliphatic carbocycles. The SMILES string of the molecule is COC(=O)c1cc(-c2ccc(Cl)c(Cl)c2)n(-c2ccc(Cl)cc2Cl)n1. The van der Waals surface area contributed by atoms with Crippen LogP contribution in [0.5, 0.6) is 0 Å². The number of benzene rings is 2. The average Bonchev–Trinajstić information content (AvgIpc) is 3.01. The minimum absolute atomic E-state index is 0.134. The molecule has 3 rings (SSSR count). The molecule has 0 aliphatic rings. The molecule has 2 aromatic carbocycles. The lowest BCUT2D eigenvalue weighted by molar-refractivity contribution is 0.0593. The maximum atomic E-state index is 11.9. The third kappa shape index (κ3) is 3.62. The Hall–Kier alpha value is -1.72. The van der Waals surface area contributed by atoms with Gasteiger partial charge in [-0.2, -0.15) is 5.10 Å². The summed E-state index contributed by atoms with van der Waals surface area (Å²) in [7, 11) is 1.29. The predicted molar refractivity (Wildman–Crippen MR) is 100 cm³/mol. The van der Waals surface area contributed by atoms with Gasteiger partial charge in [0.1, 0.15) is 0 Å². The van der Waals surface area contributed by atoms with Gasteiger partial charge < -0.3 is 4.74 Å². The molecule has 0 radical (unpaired) electrons. The zero-order valence-corrected chi connectivity index (χ0v) is 15.8. The summed E-state index contributed by atoms with van der Waals surface area (Å²) in [4.78, 5) is 11.9. The number of rotatable bonds is 3. The summed E-state index contributed by atoms with van der Waals surface area (Å²) in [6, 6.07) is 11.7. The van der Waals surface area contributed by atoms with E-state index in [1.165, 1.54) is 11.8 Å². The topological polar surface area (TPSA) is 44.1 Å². The van der Waals surface area contributed by atoms with E-state index in [1.54, 1.807) is 42.5 Å². The summed E-state index contributed by atoms with van der Waals surface area (Å²) in [6.07, 6.45) is 0. The van der Waals surface area contributed by atoms with E-state index in [1.807, 2.05) is 0 Å². The second kappa shape index (κ2) is 7.26. The fourth-order valence-electron chi connectivity index (χ4n) is 2.28. The average molecular weight is 416 g/mol.